The van der Waals surface area contributed by atoms with Crippen LogP contribution in [0.5, 0.6) is 5.75 Å². The van der Waals surface area contributed by atoms with Gasteiger partial charge in [0, 0.05) is 6.54 Å². The second-order valence-corrected chi connectivity index (χ2v) is 5.72. The molecule has 0 aliphatic carbocycles. The number of nitrogens with one attached hydrogen (secondary N) is 1. The number of para-hydroxylation sites is 1. The number of carbonyl (C=O) groups is 1. The Morgan fingerprint density at radius 1 is 1.36 bits per heavy atom. The summed E-state index contributed by atoms with van der Waals surface area (Å²) in [5, 5.41) is 6.82. The van der Waals surface area contributed by atoms with Crippen molar-refractivity contribution >= 4 is 5.91 Å². The molecule has 1 aromatic heterocycles. The molecule has 1 atom stereocenters. The van der Waals surface area contributed by atoms with E-state index in [1.54, 1.807) is 13.8 Å². The van der Waals surface area contributed by atoms with Crippen LogP contribution >= 0.6 is 0 Å². The Morgan fingerprint density at radius 3 is 2.95 bits per heavy atom. The van der Waals surface area contributed by atoms with Gasteiger partial charge in [-0.05, 0) is 44.2 Å². The summed E-state index contributed by atoms with van der Waals surface area (Å²) in [5.41, 5.74) is 2.38. The van der Waals surface area contributed by atoms with Crippen LogP contribution in [0.1, 0.15) is 33.8 Å². The minimum atomic E-state index is -0.116. The molecule has 1 unspecified atom stereocenters. The van der Waals surface area contributed by atoms with Gasteiger partial charge in [0.15, 0.2) is 0 Å². The highest BCUT2D eigenvalue weighted by molar-refractivity contribution is 5.96. The quantitative estimate of drug-likeness (QED) is 0.946. The number of aromatic nitrogens is 1. The van der Waals surface area contributed by atoms with Crippen LogP contribution in [0.2, 0.25) is 0 Å². The Hall–Kier alpha value is -2.30. The van der Waals surface area contributed by atoms with Crippen LogP contribution in [0.15, 0.2) is 28.8 Å². The smallest absolute Gasteiger partial charge is 0.256 e. The van der Waals surface area contributed by atoms with E-state index in [-0.39, 0.29) is 5.91 Å². The fraction of sp³-hybridized carbons (Fsp3) is 0.412. The van der Waals surface area contributed by atoms with Gasteiger partial charge < -0.3 is 14.6 Å². The van der Waals surface area contributed by atoms with Gasteiger partial charge in [-0.25, -0.2) is 0 Å². The van der Waals surface area contributed by atoms with Crippen molar-refractivity contribution in [1.82, 2.24) is 10.5 Å². The lowest BCUT2D eigenvalue weighted by atomic mass is 9.97. The Kier molecular flexibility index (Phi) is 4.13. The molecule has 0 radical (unpaired) electrons. The van der Waals surface area contributed by atoms with Gasteiger partial charge in [-0.15, -0.1) is 0 Å². The maximum Gasteiger partial charge on any atom is 0.256 e. The van der Waals surface area contributed by atoms with Crippen molar-refractivity contribution in [2.75, 3.05) is 13.2 Å². The molecule has 0 saturated carbocycles. The van der Waals surface area contributed by atoms with Crippen LogP contribution in [-0.2, 0) is 6.42 Å². The third kappa shape index (κ3) is 2.98. The second kappa shape index (κ2) is 6.22. The lowest BCUT2D eigenvalue weighted by molar-refractivity contribution is 0.0943. The number of benzene rings is 1. The maximum absolute atomic E-state index is 12.3. The molecule has 1 N–H and O–H groups in total. The molecule has 0 spiro atoms. The van der Waals surface area contributed by atoms with E-state index in [9.17, 15) is 4.79 Å². The van der Waals surface area contributed by atoms with E-state index >= 15 is 0 Å². The SMILES string of the molecule is Cc1noc(C)c1C(=O)NCC1CCOc2ccccc2C1. The number of amides is 1. The molecule has 1 aromatic carbocycles. The minimum absolute atomic E-state index is 0.116. The zero-order valence-corrected chi connectivity index (χ0v) is 12.9. The lowest BCUT2D eigenvalue weighted by Gasteiger charge is -2.14. The summed E-state index contributed by atoms with van der Waals surface area (Å²) in [7, 11) is 0. The molecule has 0 saturated heterocycles. The van der Waals surface area contributed by atoms with Crippen LogP contribution in [0.25, 0.3) is 0 Å². The highest BCUT2D eigenvalue weighted by atomic mass is 16.5. The zero-order chi connectivity index (χ0) is 15.5. The van der Waals surface area contributed by atoms with Gasteiger partial charge in [-0.2, -0.15) is 0 Å². The molecule has 22 heavy (non-hydrogen) atoms. The predicted octanol–water partition coefficient (Wildman–Crippen LogP) is 2.66. The summed E-state index contributed by atoms with van der Waals surface area (Å²) in [6, 6.07) is 8.09. The zero-order valence-electron chi connectivity index (χ0n) is 12.9. The van der Waals surface area contributed by atoms with Gasteiger partial charge in [0.25, 0.3) is 5.91 Å². The van der Waals surface area contributed by atoms with Crippen molar-refractivity contribution in [1.29, 1.82) is 0 Å². The van der Waals surface area contributed by atoms with Gasteiger partial charge >= 0.3 is 0 Å². The van der Waals surface area contributed by atoms with Crippen LogP contribution in [0.4, 0.5) is 0 Å². The molecule has 1 amide bonds. The third-order valence-electron chi connectivity index (χ3n) is 4.08. The highest BCUT2D eigenvalue weighted by Gasteiger charge is 2.21. The van der Waals surface area contributed by atoms with Crippen LogP contribution in [-0.4, -0.2) is 24.2 Å². The van der Waals surface area contributed by atoms with Crippen LogP contribution in [0, 0.1) is 19.8 Å². The molecule has 5 nitrogen and oxygen atoms in total. The fourth-order valence-electron chi connectivity index (χ4n) is 2.87. The average Bonchev–Trinajstić information content (AvgIpc) is 2.73. The Balaban J connectivity index is 1.63. The van der Waals surface area contributed by atoms with Crippen molar-refractivity contribution in [3.63, 3.8) is 0 Å². The van der Waals surface area contributed by atoms with Crippen LogP contribution < -0.4 is 10.1 Å². The summed E-state index contributed by atoms with van der Waals surface area (Å²) in [5.74, 6) is 1.77. The number of aryl methyl sites for hydroxylation is 2. The summed E-state index contributed by atoms with van der Waals surface area (Å²) in [4.78, 5) is 12.3. The van der Waals surface area contributed by atoms with E-state index in [1.165, 1.54) is 5.56 Å². The highest BCUT2D eigenvalue weighted by Crippen LogP contribution is 2.26. The van der Waals surface area contributed by atoms with E-state index in [1.807, 2.05) is 18.2 Å². The molecule has 1 aliphatic rings. The largest absolute Gasteiger partial charge is 0.493 e. The number of nitrogens with zero attached hydrogens (tertiary/aromatic N) is 1. The van der Waals surface area contributed by atoms with Gasteiger partial charge in [0.2, 0.25) is 0 Å². The first-order valence-corrected chi connectivity index (χ1v) is 7.57. The second-order valence-electron chi connectivity index (χ2n) is 5.72. The number of fused-ring (bicyclic) bond motifs is 1. The Labute approximate surface area is 129 Å². The van der Waals surface area contributed by atoms with Gasteiger partial charge in [0.05, 0.1) is 12.3 Å². The number of hydrogen-bond acceptors (Lipinski definition) is 4. The summed E-state index contributed by atoms with van der Waals surface area (Å²) >= 11 is 0. The molecule has 1 aliphatic heterocycles. The number of carbonyl (C=O) groups excluding carboxylic acids is 1. The topological polar surface area (TPSA) is 64.4 Å². The average molecular weight is 300 g/mol. The summed E-state index contributed by atoms with van der Waals surface area (Å²) < 4.78 is 10.8. The van der Waals surface area contributed by atoms with Gasteiger partial charge in [-0.1, -0.05) is 23.4 Å². The summed E-state index contributed by atoms with van der Waals surface area (Å²) in [6.07, 6.45) is 1.84. The molecule has 0 bridgehead atoms. The molecule has 116 valence electrons. The molecule has 2 aromatic rings. The molecule has 3 rings (SSSR count). The first-order valence-electron chi connectivity index (χ1n) is 7.57. The monoisotopic (exact) mass is 300 g/mol. The standard InChI is InChI=1S/C17H20N2O3/c1-11-16(12(2)22-19-11)17(20)18-10-13-7-8-21-15-6-4-3-5-14(15)9-13/h3-6,13H,7-10H2,1-2H3,(H,18,20). The number of rotatable bonds is 3. The molecule has 5 heteroatoms. The molecular formula is C17H20N2O3. The van der Waals surface area contributed by atoms with E-state index in [0.29, 0.717) is 36.1 Å². The summed E-state index contributed by atoms with van der Waals surface area (Å²) in [6.45, 7) is 4.84. The van der Waals surface area contributed by atoms with Crippen molar-refractivity contribution in [2.45, 2.75) is 26.7 Å². The molecular weight excluding hydrogens is 280 g/mol. The van der Waals surface area contributed by atoms with Crippen LogP contribution in [0.3, 0.4) is 0 Å². The predicted molar refractivity (Wildman–Crippen MR) is 82.1 cm³/mol. The van der Waals surface area contributed by atoms with Gasteiger partial charge in [-0.3, -0.25) is 4.79 Å². The van der Waals surface area contributed by atoms with Crippen molar-refractivity contribution < 1.29 is 14.1 Å². The third-order valence-corrected chi connectivity index (χ3v) is 4.08. The number of ether oxygens (including phenoxy) is 1. The normalized spacial score (nSPS) is 17.3. The fourth-order valence-corrected chi connectivity index (χ4v) is 2.87. The first-order chi connectivity index (χ1) is 10.6. The van der Waals surface area contributed by atoms with Crippen molar-refractivity contribution in [2.24, 2.45) is 5.92 Å². The molecule has 2 heterocycles. The van der Waals surface area contributed by atoms with E-state index in [0.717, 1.165) is 18.6 Å². The van der Waals surface area contributed by atoms with E-state index in [4.69, 9.17) is 9.26 Å². The van der Waals surface area contributed by atoms with E-state index in [2.05, 4.69) is 16.5 Å². The minimum Gasteiger partial charge on any atom is -0.493 e. The number of hydrogen-bond donors (Lipinski definition) is 1. The van der Waals surface area contributed by atoms with Crippen molar-refractivity contribution in [3.05, 3.63) is 46.8 Å². The Bertz CT molecular complexity index is 659. The molecule has 0 fully saturated rings. The lowest BCUT2D eigenvalue weighted by Crippen LogP contribution is -2.31. The maximum atomic E-state index is 12.3. The Morgan fingerprint density at radius 2 is 2.18 bits per heavy atom. The van der Waals surface area contributed by atoms with Gasteiger partial charge in [0.1, 0.15) is 17.1 Å². The first kappa shape index (κ1) is 14.6. The van der Waals surface area contributed by atoms with E-state index < -0.39 is 0 Å². The van der Waals surface area contributed by atoms with Crippen molar-refractivity contribution in [3.8, 4) is 5.75 Å².